The lowest BCUT2D eigenvalue weighted by Gasteiger charge is -2.22. The van der Waals surface area contributed by atoms with Crippen molar-refractivity contribution < 1.29 is 4.79 Å². The Hall–Kier alpha value is -1.62. The van der Waals surface area contributed by atoms with Crippen LogP contribution in [-0.2, 0) is 12.8 Å². The second-order valence-electron chi connectivity index (χ2n) is 6.79. The number of carbonyl (C=O) groups is 1. The molecule has 1 saturated heterocycles. The van der Waals surface area contributed by atoms with Gasteiger partial charge in [-0.25, -0.2) is 4.98 Å². The van der Waals surface area contributed by atoms with Crippen molar-refractivity contribution >= 4 is 11.7 Å². The normalized spacial score (nSPS) is 18.7. The van der Waals surface area contributed by atoms with Crippen LogP contribution in [0.2, 0.25) is 0 Å². The molecule has 0 atom stereocenters. The number of hydrogen-bond donors (Lipinski definition) is 0. The number of amides is 1. The Morgan fingerprint density at radius 2 is 1.87 bits per heavy atom. The van der Waals surface area contributed by atoms with Crippen LogP contribution >= 0.6 is 0 Å². The van der Waals surface area contributed by atoms with Gasteiger partial charge in [-0.05, 0) is 37.4 Å². The third-order valence-electron chi connectivity index (χ3n) is 5.03. The lowest BCUT2D eigenvalue weighted by atomic mass is 10.0. The van der Waals surface area contributed by atoms with E-state index >= 15 is 0 Å². The van der Waals surface area contributed by atoms with Crippen molar-refractivity contribution in [1.29, 1.82) is 0 Å². The standard InChI is InChI=1S/C18H28N4O/c1-4-21-11-7-14-13-15(18(23)22-9-5-6-10-22)17(20(2)3)19-16(14)8-12-21/h13H,4-12H2,1-3H3. The van der Waals surface area contributed by atoms with Crippen molar-refractivity contribution in [1.82, 2.24) is 14.8 Å². The summed E-state index contributed by atoms with van der Waals surface area (Å²) in [4.78, 5) is 24.2. The molecule has 23 heavy (non-hydrogen) atoms. The third kappa shape index (κ3) is 3.34. The molecule has 5 heteroatoms. The number of pyridine rings is 1. The first kappa shape index (κ1) is 16.2. The van der Waals surface area contributed by atoms with E-state index in [1.807, 2.05) is 23.9 Å². The number of carbonyl (C=O) groups excluding carboxylic acids is 1. The van der Waals surface area contributed by atoms with Crippen molar-refractivity contribution in [2.75, 3.05) is 51.7 Å². The van der Waals surface area contributed by atoms with Gasteiger partial charge in [-0.3, -0.25) is 4.79 Å². The van der Waals surface area contributed by atoms with Crippen molar-refractivity contribution in [2.24, 2.45) is 0 Å². The first-order chi connectivity index (χ1) is 11.1. The van der Waals surface area contributed by atoms with Crippen LogP contribution < -0.4 is 4.90 Å². The van der Waals surface area contributed by atoms with E-state index in [-0.39, 0.29) is 5.91 Å². The van der Waals surface area contributed by atoms with Gasteiger partial charge in [0.15, 0.2) is 0 Å². The summed E-state index contributed by atoms with van der Waals surface area (Å²) in [6.07, 6.45) is 4.20. The van der Waals surface area contributed by atoms with E-state index in [9.17, 15) is 4.79 Å². The maximum Gasteiger partial charge on any atom is 0.257 e. The first-order valence-electron chi connectivity index (χ1n) is 8.82. The molecule has 0 unspecified atom stereocenters. The molecule has 2 aliphatic rings. The Morgan fingerprint density at radius 1 is 1.17 bits per heavy atom. The van der Waals surface area contributed by atoms with Crippen LogP contribution in [0.15, 0.2) is 6.07 Å². The molecule has 2 aliphatic heterocycles. The summed E-state index contributed by atoms with van der Waals surface area (Å²) in [7, 11) is 3.95. The fourth-order valence-electron chi connectivity index (χ4n) is 3.57. The highest BCUT2D eigenvalue weighted by molar-refractivity contribution is 5.99. The van der Waals surface area contributed by atoms with Crippen LogP contribution in [0.4, 0.5) is 5.82 Å². The van der Waals surface area contributed by atoms with Gasteiger partial charge in [0.25, 0.3) is 5.91 Å². The second-order valence-corrected chi connectivity index (χ2v) is 6.79. The van der Waals surface area contributed by atoms with Gasteiger partial charge in [0, 0.05) is 52.4 Å². The minimum Gasteiger partial charge on any atom is -0.362 e. The van der Waals surface area contributed by atoms with Crippen molar-refractivity contribution in [3.05, 3.63) is 22.9 Å². The topological polar surface area (TPSA) is 39.7 Å². The fourth-order valence-corrected chi connectivity index (χ4v) is 3.57. The fraction of sp³-hybridized carbons (Fsp3) is 0.667. The van der Waals surface area contributed by atoms with Gasteiger partial charge in [-0.1, -0.05) is 6.92 Å². The number of likely N-dealkylation sites (tertiary alicyclic amines) is 1. The maximum atomic E-state index is 12.9. The van der Waals surface area contributed by atoms with E-state index in [0.717, 1.165) is 69.8 Å². The average Bonchev–Trinajstić information content (AvgIpc) is 3.01. The summed E-state index contributed by atoms with van der Waals surface area (Å²) in [5.74, 6) is 0.976. The molecule has 0 aromatic carbocycles. The summed E-state index contributed by atoms with van der Waals surface area (Å²) < 4.78 is 0. The smallest absolute Gasteiger partial charge is 0.257 e. The summed E-state index contributed by atoms with van der Waals surface area (Å²) in [6, 6.07) is 2.12. The molecule has 0 saturated carbocycles. The summed E-state index contributed by atoms with van der Waals surface area (Å²) in [5, 5.41) is 0. The predicted octanol–water partition coefficient (Wildman–Crippen LogP) is 1.80. The lowest BCUT2D eigenvalue weighted by Crippen LogP contribution is -2.30. The Kier molecular flexibility index (Phi) is 4.85. The molecule has 0 spiro atoms. The largest absolute Gasteiger partial charge is 0.362 e. The van der Waals surface area contributed by atoms with Gasteiger partial charge in [-0.15, -0.1) is 0 Å². The number of likely N-dealkylation sites (N-methyl/N-ethyl adjacent to an activating group) is 1. The summed E-state index contributed by atoms with van der Waals surface area (Å²) in [5.41, 5.74) is 3.21. The van der Waals surface area contributed by atoms with Crippen molar-refractivity contribution in [3.63, 3.8) is 0 Å². The minimum absolute atomic E-state index is 0.151. The minimum atomic E-state index is 0.151. The maximum absolute atomic E-state index is 12.9. The predicted molar refractivity (Wildman–Crippen MR) is 93.2 cm³/mol. The summed E-state index contributed by atoms with van der Waals surface area (Å²) >= 11 is 0. The quantitative estimate of drug-likeness (QED) is 0.852. The third-order valence-corrected chi connectivity index (χ3v) is 5.03. The Morgan fingerprint density at radius 3 is 2.52 bits per heavy atom. The van der Waals surface area contributed by atoms with Crippen LogP contribution in [-0.4, -0.2) is 67.5 Å². The van der Waals surface area contributed by atoms with Gasteiger partial charge >= 0.3 is 0 Å². The number of hydrogen-bond acceptors (Lipinski definition) is 4. The van der Waals surface area contributed by atoms with Crippen LogP contribution in [0.5, 0.6) is 0 Å². The van der Waals surface area contributed by atoms with Gasteiger partial charge < -0.3 is 14.7 Å². The molecule has 0 N–H and O–H groups in total. The van der Waals surface area contributed by atoms with E-state index in [4.69, 9.17) is 4.98 Å². The van der Waals surface area contributed by atoms with Gasteiger partial charge in [0.2, 0.25) is 0 Å². The van der Waals surface area contributed by atoms with Crippen LogP contribution in [0.3, 0.4) is 0 Å². The van der Waals surface area contributed by atoms with E-state index in [2.05, 4.69) is 17.9 Å². The zero-order chi connectivity index (χ0) is 16.4. The molecule has 0 bridgehead atoms. The van der Waals surface area contributed by atoms with E-state index in [1.54, 1.807) is 0 Å². The molecule has 1 amide bonds. The molecule has 3 heterocycles. The highest BCUT2D eigenvalue weighted by Crippen LogP contribution is 2.25. The summed E-state index contributed by atoms with van der Waals surface area (Å²) in [6.45, 7) is 7.16. The number of anilines is 1. The van der Waals surface area contributed by atoms with Crippen molar-refractivity contribution in [3.8, 4) is 0 Å². The number of fused-ring (bicyclic) bond motifs is 1. The number of aromatic nitrogens is 1. The van der Waals surface area contributed by atoms with Gasteiger partial charge in [0.1, 0.15) is 5.82 Å². The van der Waals surface area contributed by atoms with E-state index < -0.39 is 0 Å². The Bertz CT molecular complexity index is 579. The van der Waals surface area contributed by atoms with Crippen molar-refractivity contribution in [2.45, 2.75) is 32.6 Å². The zero-order valence-electron chi connectivity index (χ0n) is 14.6. The molecule has 1 fully saturated rings. The van der Waals surface area contributed by atoms with E-state index in [1.165, 1.54) is 11.3 Å². The average molecular weight is 316 g/mol. The number of nitrogens with zero attached hydrogens (tertiary/aromatic N) is 4. The number of rotatable bonds is 3. The van der Waals surface area contributed by atoms with Gasteiger partial charge in [-0.2, -0.15) is 0 Å². The highest BCUT2D eigenvalue weighted by Gasteiger charge is 2.26. The molecule has 0 aliphatic carbocycles. The first-order valence-corrected chi connectivity index (χ1v) is 8.82. The van der Waals surface area contributed by atoms with Gasteiger partial charge in [0.05, 0.1) is 5.56 Å². The lowest BCUT2D eigenvalue weighted by molar-refractivity contribution is 0.0793. The molecule has 1 aromatic heterocycles. The highest BCUT2D eigenvalue weighted by atomic mass is 16.2. The molecular weight excluding hydrogens is 288 g/mol. The monoisotopic (exact) mass is 316 g/mol. The van der Waals surface area contributed by atoms with E-state index in [0.29, 0.717) is 0 Å². The molecule has 3 rings (SSSR count). The molecule has 5 nitrogen and oxygen atoms in total. The SMILES string of the molecule is CCN1CCc2cc(C(=O)N3CCCC3)c(N(C)C)nc2CC1. The molecule has 0 radical (unpaired) electrons. The molecular formula is C18H28N4O. The molecule has 1 aromatic rings. The van der Waals surface area contributed by atoms with Crippen LogP contribution in [0.1, 0.15) is 41.4 Å². The zero-order valence-corrected chi connectivity index (χ0v) is 14.6. The van der Waals surface area contributed by atoms with Crippen LogP contribution in [0, 0.1) is 0 Å². The Balaban J connectivity index is 1.95. The molecule has 126 valence electrons. The second kappa shape index (κ2) is 6.87. The Labute approximate surface area is 139 Å². The van der Waals surface area contributed by atoms with Crippen LogP contribution in [0.25, 0.3) is 0 Å².